The molecule has 0 fully saturated rings. The van der Waals surface area contributed by atoms with Crippen molar-refractivity contribution in [1.29, 1.82) is 5.41 Å². The van der Waals surface area contributed by atoms with Gasteiger partial charge in [-0.15, -0.1) is 12.4 Å². The van der Waals surface area contributed by atoms with Gasteiger partial charge in [-0.3, -0.25) is 10.4 Å². The summed E-state index contributed by atoms with van der Waals surface area (Å²) in [4.78, 5) is 3.80. The second-order valence-electron chi connectivity index (χ2n) is 1.78. The molecule has 1 aromatic rings. The van der Waals surface area contributed by atoms with E-state index in [0.29, 0.717) is 10.7 Å². The van der Waals surface area contributed by atoms with Crippen LogP contribution in [-0.4, -0.2) is 10.8 Å². The van der Waals surface area contributed by atoms with Gasteiger partial charge in [-0.25, -0.2) is 0 Å². The fourth-order valence-corrected chi connectivity index (χ4v) is 0.647. The highest BCUT2D eigenvalue weighted by molar-refractivity contribution is 6.30. The van der Waals surface area contributed by atoms with Crippen molar-refractivity contribution < 1.29 is 0 Å². The van der Waals surface area contributed by atoms with Crippen molar-refractivity contribution in [3.63, 3.8) is 0 Å². The maximum atomic E-state index is 6.98. The van der Waals surface area contributed by atoms with Crippen molar-refractivity contribution in [2.75, 3.05) is 0 Å². The molecule has 3 N–H and O–H groups in total. The van der Waals surface area contributed by atoms with Crippen LogP contribution in [0.5, 0.6) is 0 Å². The third-order valence-corrected chi connectivity index (χ3v) is 1.23. The Kier molecular flexibility index (Phi) is 3.85. The van der Waals surface area contributed by atoms with Gasteiger partial charge in [0.2, 0.25) is 0 Å². The minimum atomic E-state index is -0.0448. The number of nitrogens with two attached hydrogens (primary N) is 1. The minimum Gasteiger partial charge on any atom is -0.382 e. The monoisotopic (exact) mass is 191 g/mol. The first-order valence-electron chi connectivity index (χ1n) is 2.66. The Labute approximate surface area is 75.5 Å². The zero-order valence-corrected chi connectivity index (χ0v) is 7.12. The zero-order valence-electron chi connectivity index (χ0n) is 5.54. The van der Waals surface area contributed by atoms with Gasteiger partial charge in [-0.2, -0.15) is 0 Å². The molecule has 1 heterocycles. The van der Waals surface area contributed by atoms with Crippen LogP contribution in [0.15, 0.2) is 18.3 Å². The first-order valence-corrected chi connectivity index (χ1v) is 3.04. The van der Waals surface area contributed by atoms with Crippen LogP contribution in [0.25, 0.3) is 0 Å². The van der Waals surface area contributed by atoms with E-state index in [1.54, 1.807) is 12.1 Å². The molecule has 60 valence electrons. The summed E-state index contributed by atoms with van der Waals surface area (Å²) in [5, 5.41) is 7.52. The number of hydrogen-bond donors (Lipinski definition) is 2. The second kappa shape index (κ2) is 4.16. The van der Waals surface area contributed by atoms with Crippen LogP contribution in [0.1, 0.15) is 5.69 Å². The van der Waals surface area contributed by atoms with Crippen molar-refractivity contribution in [3.8, 4) is 0 Å². The summed E-state index contributed by atoms with van der Waals surface area (Å²) < 4.78 is 0. The van der Waals surface area contributed by atoms with Crippen molar-refractivity contribution in [3.05, 3.63) is 29.0 Å². The van der Waals surface area contributed by atoms with E-state index < -0.39 is 0 Å². The van der Waals surface area contributed by atoms with Crippen molar-refractivity contribution in [2.24, 2.45) is 5.73 Å². The Bertz CT molecular complexity index is 245. The molecule has 0 aliphatic carbocycles. The molecule has 0 radical (unpaired) electrons. The summed E-state index contributed by atoms with van der Waals surface area (Å²) in [6.45, 7) is 0. The Morgan fingerprint density at radius 1 is 1.55 bits per heavy atom. The normalized spacial score (nSPS) is 8.45. The Morgan fingerprint density at radius 2 is 2.18 bits per heavy atom. The van der Waals surface area contributed by atoms with Crippen LogP contribution in [0.2, 0.25) is 5.02 Å². The highest BCUT2D eigenvalue weighted by Gasteiger charge is 1.94. The lowest BCUT2D eigenvalue weighted by Crippen LogP contribution is -2.12. The number of amidine groups is 1. The fraction of sp³-hybridized carbons (Fsp3) is 0. The summed E-state index contributed by atoms with van der Waals surface area (Å²) in [7, 11) is 0. The van der Waals surface area contributed by atoms with Crippen LogP contribution in [0.3, 0.4) is 0 Å². The third-order valence-electron chi connectivity index (χ3n) is 1.00. The lowest BCUT2D eigenvalue weighted by Gasteiger charge is -1.94. The van der Waals surface area contributed by atoms with E-state index in [4.69, 9.17) is 22.7 Å². The number of hydrogen-bond acceptors (Lipinski definition) is 2. The summed E-state index contributed by atoms with van der Waals surface area (Å²) in [6, 6.07) is 3.25. The molecule has 0 aliphatic heterocycles. The van der Waals surface area contributed by atoms with Crippen LogP contribution >= 0.6 is 24.0 Å². The summed E-state index contributed by atoms with van der Waals surface area (Å²) in [5.74, 6) is -0.0448. The topological polar surface area (TPSA) is 62.8 Å². The maximum absolute atomic E-state index is 6.98. The van der Waals surface area contributed by atoms with Gasteiger partial charge in [-0.05, 0) is 12.1 Å². The number of halogens is 2. The van der Waals surface area contributed by atoms with Crippen LogP contribution in [0.4, 0.5) is 0 Å². The molecule has 0 saturated heterocycles. The molecule has 0 saturated carbocycles. The van der Waals surface area contributed by atoms with Crippen LogP contribution < -0.4 is 5.73 Å². The molecule has 3 nitrogen and oxygen atoms in total. The van der Waals surface area contributed by atoms with E-state index in [2.05, 4.69) is 4.98 Å². The maximum Gasteiger partial charge on any atom is 0.141 e. The smallest absolute Gasteiger partial charge is 0.141 e. The molecule has 0 aliphatic rings. The highest BCUT2D eigenvalue weighted by atomic mass is 35.5. The lowest BCUT2D eigenvalue weighted by atomic mass is 10.3. The number of nitrogens with one attached hydrogen (secondary N) is 1. The Hall–Kier alpha value is -0.800. The molecule has 11 heavy (non-hydrogen) atoms. The largest absolute Gasteiger partial charge is 0.382 e. The molecular formula is C6H7Cl2N3. The van der Waals surface area contributed by atoms with Gasteiger partial charge in [0, 0.05) is 6.20 Å². The van der Waals surface area contributed by atoms with E-state index in [9.17, 15) is 0 Å². The molecule has 0 atom stereocenters. The molecule has 0 unspecified atom stereocenters. The summed E-state index contributed by atoms with van der Waals surface area (Å²) in [5.41, 5.74) is 5.59. The standard InChI is InChI=1S/C6H6ClN3.ClH/c7-4-1-2-5(6(8)9)10-3-4;/h1-3H,(H3,8,9);1H. The quantitative estimate of drug-likeness (QED) is 0.522. The van der Waals surface area contributed by atoms with Gasteiger partial charge in [0.15, 0.2) is 0 Å². The molecular weight excluding hydrogens is 185 g/mol. The number of rotatable bonds is 1. The Balaban J connectivity index is 0.000001000. The van der Waals surface area contributed by atoms with Gasteiger partial charge < -0.3 is 5.73 Å². The molecule has 0 spiro atoms. The van der Waals surface area contributed by atoms with E-state index in [0.717, 1.165) is 0 Å². The van der Waals surface area contributed by atoms with E-state index >= 15 is 0 Å². The van der Waals surface area contributed by atoms with Crippen LogP contribution in [-0.2, 0) is 0 Å². The summed E-state index contributed by atoms with van der Waals surface area (Å²) >= 11 is 5.54. The van der Waals surface area contributed by atoms with Crippen molar-refractivity contribution >= 4 is 29.8 Å². The van der Waals surface area contributed by atoms with Crippen molar-refractivity contribution in [2.45, 2.75) is 0 Å². The summed E-state index contributed by atoms with van der Waals surface area (Å²) in [6.07, 6.45) is 1.46. The second-order valence-corrected chi connectivity index (χ2v) is 2.21. The predicted molar refractivity (Wildman–Crippen MR) is 47.5 cm³/mol. The average Bonchev–Trinajstić information content (AvgIpc) is 1.88. The van der Waals surface area contributed by atoms with Gasteiger partial charge in [0.1, 0.15) is 11.5 Å². The van der Waals surface area contributed by atoms with E-state index in [-0.39, 0.29) is 18.2 Å². The number of pyridine rings is 1. The molecule has 0 aromatic carbocycles. The molecule has 0 bridgehead atoms. The van der Waals surface area contributed by atoms with E-state index in [1.807, 2.05) is 0 Å². The van der Waals surface area contributed by atoms with Crippen LogP contribution in [0, 0.1) is 5.41 Å². The number of aromatic nitrogens is 1. The average molecular weight is 192 g/mol. The van der Waals surface area contributed by atoms with Gasteiger partial charge in [-0.1, -0.05) is 11.6 Å². The van der Waals surface area contributed by atoms with E-state index in [1.165, 1.54) is 6.20 Å². The minimum absolute atomic E-state index is 0. The number of nitrogens with zero attached hydrogens (tertiary/aromatic N) is 1. The number of nitrogen functional groups attached to an aromatic ring is 1. The molecule has 1 rings (SSSR count). The third kappa shape index (κ3) is 2.74. The SMILES string of the molecule is Cl.N=C(N)c1ccc(Cl)cn1. The predicted octanol–water partition coefficient (Wildman–Crippen LogP) is 1.44. The molecule has 1 aromatic heterocycles. The van der Waals surface area contributed by atoms with Gasteiger partial charge in [0.25, 0.3) is 0 Å². The highest BCUT2D eigenvalue weighted by Crippen LogP contribution is 2.04. The first kappa shape index (κ1) is 10.2. The van der Waals surface area contributed by atoms with Gasteiger partial charge >= 0.3 is 0 Å². The van der Waals surface area contributed by atoms with Crippen molar-refractivity contribution in [1.82, 2.24) is 4.98 Å². The zero-order chi connectivity index (χ0) is 7.56. The first-order chi connectivity index (χ1) is 4.70. The Morgan fingerprint density at radius 3 is 2.55 bits per heavy atom. The molecule has 0 amide bonds. The van der Waals surface area contributed by atoms with Gasteiger partial charge in [0.05, 0.1) is 5.02 Å². The lowest BCUT2D eigenvalue weighted by molar-refractivity contribution is 1.26. The fourth-order valence-electron chi connectivity index (χ4n) is 0.535. The molecule has 5 heteroatoms.